The van der Waals surface area contributed by atoms with Crippen molar-refractivity contribution in [2.24, 2.45) is 0 Å². The Labute approximate surface area is 86.1 Å². The van der Waals surface area contributed by atoms with Gasteiger partial charge < -0.3 is 4.18 Å². The van der Waals surface area contributed by atoms with Crippen molar-refractivity contribution in [1.82, 2.24) is 0 Å². The quantitative estimate of drug-likeness (QED) is 0.567. The first-order valence-corrected chi connectivity index (χ1v) is 4.97. The predicted octanol–water partition coefficient (Wildman–Crippen LogP) is 3.06. The van der Waals surface area contributed by atoms with Gasteiger partial charge in [0.15, 0.2) is 0 Å². The molecule has 0 bridgehead atoms. The van der Waals surface area contributed by atoms with Crippen LogP contribution in [0.3, 0.4) is 0 Å². The van der Waals surface area contributed by atoms with Gasteiger partial charge in [-0.3, -0.25) is 4.79 Å². The Morgan fingerprint density at radius 1 is 1.07 bits per heavy atom. The number of benzene rings is 2. The summed E-state index contributed by atoms with van der Waals surface area (Å²) in [7, 11) is 0. The van der Waals surface area contributed by atoms with Crippen molar-refractivity contribution < 1.29 is 8.98 Å². The second-order valence-corrected chi connectivity index (χ2v) is 3.30. The Bertz CT molecular complexity index is 448. The highest BCUT2D eigenvalue weighted by Gasteiger charge is 2.00. The molecule has 0 unspecified atom stereocenters. The zero-order chi connectivity index (χ0) is 9.80. The minimum absolute atomic E-state index is 0.668. The molecule has 2 rings (SSSR count). The third kappa shape index (κ3) is 1.72. The Balaban J connectivity index is 2.48. The van der Waals surface area contributed by atoms with Crippen LogP contribution in [0.25, 0.3) is 10.8 Å². The summed E-state index contributed by atoms with van der Waals surface area (Å²) < 4.78 is 5.22. The molecule has 0 N–H and O–H groups in total. The maximum Gasteiger partial charge on any atom is 0.215 e. The lowest BCUT2D eigenvalue weighted by Crippen LogP contribution is -1.82. The monoisotopic (exact) mass is 204 g/mol. The minimum Gasteiger partial charge on any atom is -0.417 e. The molecule has 0 atom stereocenters. The van der Waals surface area contributed by atoms with E-state index in [0.29, 0.717) is 5.62 Å². The van der Waals surface area contributed by atoms with Gasteiger partial charge >= 0.3 is 0 Å². The molecule has 3 heteroatoms. The number of hydrogen-bond acceptors (Lipinski definition) is 3. The average molecular weight is 204 g/mol. The highest BCUT2D eigenvalue weighted by molar-refractivity contribution is 8.08. The summed E-state index contributed by atoms with van der Waals surface area (Å²) in [5.74, 6) is 0.722. The molecule has 0 aromatic heterocycles. The summed E-state index contributed by atoms with van der Waals surface area (Å²) in [5.41, 5.74) is 0.668. The first-order valence-electron chi connectivity index (χ1n) is 4.16. The van der Waals surface area contributed by atoms with Crippen LogP contribution in [-0.2, 0) is 4.79 Å². The molecule has 0 radical (unpaired) electrons. The molecule has 0 fully saturated rings. The summed E-state index contributed by atoms with van der Waals surface area (Å²) in [6.45, 7) is 0. The van der Waals surface area contributed by atoms with Crippen LogP contribution in [0.1, 0.15) is 0 Å². The van der Waals surface area contributed by atoms with Crippen LogP contribution in [0.4, 0.5) is 0 Å². The van der Waals surface area contributed by atoms with E-state index in [9.17, 15) is 4.79 Å². The van der Waals surface area contributed by atoms with Crippen molar-refractivity contribution in [2.45, 2.75) is 0 Å². The maximum absolute atomic E-state index is 10.2. The van der Waals surface area contributed by atoms with Crippen molar-refractivity contribution >= 4 is 28.4 Å². The highest BCUT2D eigenvalue weighted by Crippen LogP contribution is 2.27. The average Bonchev–Trinajstić information content (AvgIpc) is 2.26. The van der Waals surface area contributed by atoms with Gasteiger partial charge in [0.1, 0.15) is 17.8 Å². The van der Waals surface area contributed by atoms with E-state index in [1.54, 1.807) is 0 Å². The lowest BCUT2D eigenvalue weighted by molar-refractivity contribution is 0.565. The molecule has 2 nitrogen and oxygen atoms in total. The highest BCUT2D eigenvalue weighted by atomic mass is 32.2. The molecule has 0 amide bonds. The van der Waals surface area contributed by atoms with Crippen LogP contribution in [0.15, 0.2) is 42.5 Å². The smallest absolute Gasteiger partial charge is 0.215 e. The summed E-state index contributed by atoms with van der Waals surface area (Å²) in [6.07, 6.45) is 0. The van der Waals surface area contributed by atoms with Crippen molar-refractivity contribution in [3.8, 4) is 5.75 Å². The first kappa shape index (κ1) is 9.09. The van der Waals surface area contributed by atoms with E-state index in [1.165, 1.54) is 0 Å². The van der Waals surface area contributed by atoms with Crippen molar-refractivity contribution in [3.63, 3.8) is 0 Å². The second-order valence-electron chi connectivity index (χ2n) is 2.75. The standard InChI is InChI=1S/C11H8O2S/c12-8-14-13-11-7-3-5-9-4-1-2-6-10(9)11/h1-8H. The van der Waals surface area contributed by atoms with E-state index in [0.717, 1.165) is 28.6 Å². The molecular weight excluding hydrogens is 196 g/mol. The summed E-state index contributed by atoms with van der Waals surface area (Å²) >= 11 is 0.795. The first-order chi connectivity index (χ1) is 6.92. The van der Waals surface area contributed by atoms with E-state index >= 15 is 0 Å². The van der Waals surface area contributed by atoms with E-state index in [-0.39, 0.29) is 0 Å². The number of fused-ring (bicyclic) bond motifs is 1. The number of hydrogen-bond donors (Lipinski definition) is 0. The fraction of sp³-hybridized carbons (Fsp3) is 0. The summed E-state index contributed by atoms with van der Waals surface area (Å²) in [4.78, 5) is 10.2. The van der Waals surface area contributed by atoms with Gasteiger partial charge in [0, 0.05) is 5.39 Å². The number of rotatable bonds is 3. The van der Waals surface area contributed by atoms with Gasteiger partial charge in [-0.25, -0.2) is 0 Å². The topological polar surface area (TPSA) is 26.3 Å². The van der Waals surface area contributed by atoms with Crippen LogP contribution in [0.5, 0.6) is 5.75 Å². The molecule has 0 saturated carbocycles. The van der Waals surface area contributed by atoms with Crippen molar-refractivity contribution in [1.29, 1.82) is 0 Å². The maximum atomic E-state index is 10.2. The van der Waals surface area contributed by atoms with Gasteiger partial charge in [0.05, 0.1) is 0 Å². The van der Waals surface area contributed by atoms with Crippen LogP contribution >= 0.6 is 12.0 Å². The van der Waals surface area contributed by atoms with Crippen LogP contribution < -0.4 is 4.18 Å². The molecule has 14 heavy (non-hydrogen) atoms. The Morgan fingerprint density at radius 3 is 2.71 bits per heavy atom. The lowest BCUT2D eigenvalue weighted by Gasteiger charge is -2.03. The number of carbonyl (C=O) groups is 1. The fourth-order valence-electron chi connectivity index (χ4n) is 1.34. The van der Waals surface area contributed by atoms with Gasteiger partial charge in [-0.1, -0.05) is 36.4 Å². The van der Waals surface area contributed by atoms with Gasteiger partial charge in [0.2, 0.25) is 5.62 Å². The molecular formula is C11H8O2S. The Kier molecular flexibility index (Phi) is 2.70. The Morgan fingerprint density at radius 2 is 1.86 bits per heavy atom. The predicted molar refractivity (Wildman–Crippen MR) is 58.9 cm³/mol. The van der Waals surface area contributed by atoms with E-state index in [2.05, 4.69) is 0 Å². The largest absolute Gasteiger partial charge is 0.417 e. The normalized spacial score (nSPS) is 10.0. The van der Waals surface area contributed by atoms with E-state index < -0.39 is 0 Å². The van der Waals surface area contributed by atoms with Gasteiger partial charge in [-0.15, -0.1) is 0 Å². The fourth-order valence-corrected chi connectivity index (χ4v) is 1.63. The molecule has 0 heterocycles. The van der Waals surface area contributed by atoms with Gasteiger partial charge in [-0.05, 0) is 11.5 Å². The third-order valence-electron chi connectivity index (χ3n) is 1.93. The third-order valence-corrected chi connectivity index (χ3v) is 2.28. The summed E-state index contributed by atoms with van der Waals surface area (Å²) in [6, 6.07) is 13.7. The van der Waals surface area contributed by atoms with Gasteiger partial charge in [-0.2, -0.15) is 0 Å². The zero-order valence-electron chi connectivity index (χ0n) is 7.34. The SMILES string of the molecule is O=CSOc1cccc2ccccc12. The van der Waals surface area contributed by atoms with E-state index in [1.807, 2.05) is 42.5 Å². The molecule has 2 aromatic carbocycles. The van der Waals surface area contributed by atoms with Crippen LogP contribution in [0, 0.1) is 0 Å². The molecule has 0 aliphatic heterocycles. The molecule has 70 valence electrons. The number of carbonyl (C=O) groups excluding carboxylic acids is 1. The van der Waals surface area contributed by atoms with Crippen molar-refractivity contribution in [2.75, 3.05) is 0 Å². The van der Waals surface area contributed by atoms with Crippen LogP contribution in [-0.4, -0.2) is 5.62 Å². The zero-order valence-corrected chi connectivity index (χ0v) is 8.16. The molecule has 0 aliphatic rings. The molecule has 0 spiro atoms. The summed E-state index contributed by atoms with van der Waals surface area (Å²) in [5, 5.41) is 2.13. The molecule has 0 aliphatic carbocycles. The van der Waals surface area contributed by atoms with E-state index in [4.69, 9.17) is 4.18 Å². The van der Waals surface area contributed by atoms with Crippen LogP contribution in [0.2, 0.25) is 0 Å². The minimum atomic E-state index is 0.668. The lowest BCUT2D eigenvalue weighted by atomic mass is 10.1. The van der Waals surface area contributed by atoms with Crippen molar-refractivity contribution in [3.05, 3.63) is 42.5 Å². The van der Waals surface area contributed by atoms with Gasteiger partial charge in [0.25, 0.3) is 0 Å². The molecule has 0 saturated heterocycles. The molecule has 2 aromatic rings. The second kappa shape index (κ2) is 4.15. The Hall–Kier alpha value is -1.48.